The van der Waals surface area contributed by atoms with Crippen molar-refractivity contribution in [3.05, 3.63) is 28.3 Å². The van der Waals surface area contributed by atoms with E-state index in [4.69, 9.17) is 4.74 Å². The first-order valence-corrected chi connectivity index (χ1v) is 9.80. The SMILES string of the molecule is CC(C)(C)OC(=O)N1CCC[C@H](CNc2nc3cc([N+](=O)[O-])ccc3s2)C1. The largest absolute Gasteiger partial charge is 0.444 e. The number of non-ortho nitro benzene ring substituents is 1. The van der Waals surface area contributed by atoms with Crippen molar-refractivity contribution in [2.45, 2.75) is 39.2 Å². The van der Waals surface area contributed by atoms with Crippen molar-refractivity contribution in [1.82, 2.24) is 9.88 Å². The number of nitro groups is 1. The molecule has 0 saturated carbocycles. The number of rotatable bonds is 4. The van der Waals surface area contributed by atoms with Crippen molar-refractivity contribution < 1.29 is 14.5 Å². The quantitative estimate of drug-likeness (QED) is 0.616. The Morgan fingerprint density at radius 1 is 1.48 bits per heavy atom. The second kappa shape index (κ2) is 7.67. The van der Waals surface area contributed by atoms with Gasteiger partial charge < -0.3 is 15.0 Å². The fraction of sp³-hybridized carbons (Fsp3) is 0.556. The Balaban J connectivity index is 1.58. The van der Waals surface area contributed by atoms with Crippen LogP contribution in [0.25, 0.3) is 10.2 Å². The lowest BCUT2D eigenvalue weighted by atomic mass is 9.98. The Hall–Kier alpha value is -2.42. The van der Waals surface area contributed by atoms with Crippen LogP contribution in [0, 0.1) is 16.0 Å². The van der Waals surface area contributed by atoms with Crippen molar-refractivity contribution in [3.63, 3.8) is 0 Å². The molecule has 0 spiro atoms. The summed E-state index contributed by atoms with van der Waals surface area (Å²) in [4.78, 5) is 28.9. The van der Waals surface area contributed by atoms with Crippen LogP contribution in [0.4, 0.5) is 15.6 Å². The van der Waals surface area contributed by atoms with Crippen LogP contribution >= 0.6 is 11.3 Å². The van der Waals surface area contributed by atoms with Gasteiger partial charge in [0.2, 0.25) is 0 Å². The van der Waals surface area contributed by atoms with Crippen molar-refractivity contribution >= 4 is 38.5 Å². The van der Waals surface area contributed by atoms with Crippen LogP contribution < -0.4 is 5.32 Å². The molecule has 1 aliphatic heterocycles. The molecule has 27 heavy (non-hydrogen) atoms. The molecule has 1 N–H and O–H groups in total. The molecule has 1 saturated heterocycles. The minimum atomic E-state index is -0.494. The van der Waals surface area contributed by atoms with E-state index in [-0.39, 0.29) is 11.8 Å². The molecule has 1 amide bonds. The van der Waals surface area contributed by atoms with Gasteiger partial charge >= 0.3 is 6.09 Å². The van der Waals surface area contributed by atoms with Crippen molar-refractivity contribution in [3.8, 4) is 0 Å². The van der Waals surface area contributed by atoms with E-state index in [0.717, 1.165) is 29.2 Å². The van der Waals surface area contributed by atoms with Crippen molar-refractivity contribution in [2.75, 3.05) is 25.0 Å². The van der Waals surface area contributed by atoms with E-state index in [0.29, 0.717) is 24.5 Å². The summed E-state index contributed by atoms with van der Waals surface area (Å²) in [5.41, 5.74) is 0.168. The van der Waals surface area contributed by atoms with E-state index in [1.54, 1.807) is 11.0 Å². The van der Waals surface area contributed by atoms with Gasteiger partial charge in [-0.25, -0.2) is 9.78 Å². The summed E-state index contributed by atoms with van der Waals surface area (Å²) in [7, 11) is 0. The number of benzene rings is 1. The molecule has 9 heteroatoms. The standard InChI is InChI=1S/C18H24N4O4S/c1-18(2,3)26-17(23)21-8-4-5-12(11-21)10-19-16-20-14-9-13(22(24)25)6-7-15(14)27-16/h6-7,9,12H,4-5,8,10-11H2,1-3H3,(H,19,20)/t12-/m1/s1. The Bertz CT molecular complexity index is 845. The number of piperidine rings is 1. The summed E-state index contributed by atoms with van der Waals surface area (Å²) in [5, 5.41) is 14.9. The Labute approximate surface area is 161 Å². The van der Waals surface area contributed by atoms with Crippen LogP contribution in [0.3, 0.4) is 0 Å². The molecule has 0 aliphatic carbocycles. The Morgan fingerprint density at radius 2 is 2.26 bits per heavy atom. The maximum absolute atomic E-state index is 12.3. The van der Waals surface area contributed by atoms with Gasteiger partial charge in [0.1, 0.15) is 5.60 Å². The fourth-order valence-corrected chi connectivity index (χ4v) is 3.91. The number of nitro benzene ring substituents is 1. The second-order valence-corrected chi connectivity index (χ2v) is 8.77. The minimum absolute atomic E-state index is 0.0413. The average molecular weight is 392 g/mol. The molecule has 146 valence electrons. The Kier molecular flexibility index (Phi) is 5.50. The first-order valence-electron chi connectivity index (χ1n) is 8.98. The van der Waals surface area contributed by atoms with Crippen LogP contribution in [0.15, 0.2) is 18.2 Å². The molecule has 1 aromatic carbocycles. The molecular formula is C18H24N4O4S. The topological polar surface area (TPSA) is 97.6 Å². The number of carbonyl (C=O) groups is 1. The number of aromatic nitrogens is 1. The fourth-order valence-electron chi connectivity index (χ4n) is 3.06. The van der Waals surface area contributed by atoms with Gasteiger partial charge in [0.25, 0.3) is 5.69 Å². The molecule has 2 aromatic rings. The molecule has 3 rings (SSSR count). The number of fused-ring (bicyclic) bond motifs is 1. The second-order valence-electron chi connectivity index (χ2n) is 7.74. The smallest absolute Gasteiger partial charge is 0.410 e. The van der Waals surface area contributed by atoms with Gasteiger partial charge in [-0.1, -0.05) is 11.3 Å². The lowest BCUT2D eigenvalue weighted by Gasteiger charge is -2.34. The van der Waals surface area contributed by atoms with E-state index in [2.05, 4.69) is 10.3 Å². The predicted octanol–water partition coefficient (Wildman–Crippen LogP) is 4.26. The van der Waals surface area contributed by atoms with Crippen molar-refractivity contribution in [1.29, 1.82) is 0 Å². The molecular weight excluding hydrogens is 368 g/mol. The van der Waals surface area contributed by atoms with Crippen LogP contribution in [0.1, 0.15) is 33.6 Å². The van der Waals surface area contributed by atoms with Crippen LogP contribution in [-0.4, -0.2) is 46.1 Å². The van der Waals surface area contributed by atoms with Gasteiger partial charge in [0.05, 0.1) is 15.1 Å². The molecule has 1 atom stereocenters. The monoisotopic (exact) mass is 392 g/mol. The summed E-state index contributed by atoms with van der Waals surface area (Å²) in [6.07, 6.45) is 1.71. The number of hydrogen-bond acceptors (Lipinski definition) is 7. The van der Waals surface area contributed by atoms with Gasteiger partial charge in [-0.05, 0) is 45.6 Å². The normalized spacial score (nSPS) is 17.7. The summed E-state index contributed by atoms with van der Waals surface area (Å²) in [6, 6.07) is 4.70. The number of amides is 1. The zero-order valence-corrected chi connectivity index (χ0v) is 16.5. The van der Waals surface area contributed by atoms with Crippen LogP contribution in [-0.2, 0) is 4.74 Å². The summed E-state index contributed by atoms with van der Waals surface area (Å²) in [6.45, 7) is 7.66. The van der Waals surface area contributed by atoms with Gasteiger partial charge in [-0.15, -0.1) is 0 Å². The van der Waals surface area contributed by atoms with E-state index in [9.17, 15) is 14.9 Å². The maximum Gasteiger partial charge on any atom is 0.410 e. The number of hydrogen-bond donors (Lipinski definition) is 1. The number of likely N-dealkylation sites (tertiary alicyclic amines) is 1. The van der Waals surface area contributed by atoms with Gasteiger partial charge in [-0.2, -0.15) is 0 Å². The first-order chi connectivity index (χ1) is 12.7. The first kappa shape index (κ1) is 19.3. The molecule has 0 radical (unpaired) electrons. The minimum Gasteiger partial charge on any atom is -0.444 e. The zero-order chi connectivity index (χ0) is 19.6. The van der Waals surface area contributed by atoms with Gasteiger partial charge in [0.15, 0.2) is 5.13 Å². The lowest BCUT2D eigenvalue weighted by molar-refractivity contribution is -0.384. The third-order valence-electron chi connectivity index (χ3n) is 4.29. The van der Waals surface area contributed by atoms with Crippen LogP contribution in [0.5, 0.6) is 0 Å². The highest BCUT2D eigenvalue weighted by atomic mass is 32.1. The summed E-state index contributed by atoms with van der Waals surface area (Å²) < 4.78 is 6.36. The molecule has 1 fully saturated rings. The number of nitrogens with zero attached hydrogens (tertiary/aromatic N) is 3. The third kappa shape index (κ3) is 5.06. The van der Waals surface area contributed by atoms with E-state index in [1.165, 1.54) is 23.5 Å². The zero-order valence-electron chi connectivity index (χ0n) is 15.7. The Morgan fingerprint density at radius 3 is 2.96 bits per heavy atom. The number of carbonyl (C=O) groups excluding carboxylic acids is 1. The van der Waals surface area contributed by atoms with E-state index >= 15 is 0 Å². The molecule has 2 heterocycles. The summed E-state index contributed by atoms with van der Waals surface area (Å²) in [5.74, 6) is 0.313. The molecule has 8 nitrogen and oxygen atoms in total. The van der Waals surface area contributed by atoms with Crippen LogP contribution in [0.2, 0.25) is 0 Å². The summed E-state index contributed by atoms with van der Waals surface area (Å²) >= 11 is 1.47. The van der Waals surface area contributed by atoms with E-state index in [1.807, 2.05) is 20.8 Å². The average Bonchev–Trinajstić information content (AvgIpc) is 3.00. The third-order valence-corrected chi connectivity index (χ3v) is 5.29. The lowest BCUT2D eigenvalue weighted by Crippen LogP contribution is -2.44. The van der Waals surface area contributed by atoms with Gasteiger partial charge in [0, 0.05) is 31.8 Å². The highest BCUT2D eigenvalue weighted by molar-refractivity contribution is 7.22. The van der Waals surface area contributed by atoms with Gasteiger partial charge in [-0.3, -0.25) is 10.1 Å². The highest BCUT2D eigenvalue weighted by Crippen LogP contribution is 2.29. The molecule has 0 bridgehead atoms. The number of anilines is 1. The van der Waals surface area contributed by atoms with Crippen molar-refractivity contribution in [2.24, 2.45) is 5.92 Å². The van der Waals surface area contributed by atoms with E-state index < -0.39 is 10.5 Å². The predicted molar refractivity (Wildman–Crippen MR) is 105 cm³/mol. The molecule has 1 aliphatic rings. The number of thiazole rings is 1. The number of ether oxygens (including phenoxy) is 1. The molecule has 1 aromatic heterocycles. The number of nitrogens with one attached hydrogen (secondary N) is 1. The highest BCUT2D eigenvalue weighted by Gasteiger charge is 2.27. The maximum atomic E-state index is 12.3. The molecule has 0 unspecified atom stereocenters.